The lowest BCUT2D eigenvalue weighted by Crippen LogP contribution is -2.23. The summed E-state index contributed by atoms with van der Waals surface area (Å²) in [4.78, 5) is 12.1. The first kappa shape index (κ1) is 15.4. The fourth-order valence-corrected chi connectivity index (χ4v) is 2.15. The molecule has 1 N–H and O–H groups in total. The summed E-state index contributed by atoms with van der Waals surface area (Å²) in [5.74, 6) is 0.682. The van der Waals surface area contributed by atoms with Gasteiger partial charge >= 0.3 is 0 Å². The van der Waals surface area contributed by atoms with E-state index < -0.39 is 0 Å². The Labute approximate surface area is 128 Å². The van der Waals surface area contributed by atoms with Crippen molar-refractivity contribution in [1.29, 1.82) is 0 Å². The Morgan fingerprint density at radius 1 is 1.38 bits per heavy atom. The van der Waals surface area contributed by atoms with Gasteiger partial charge < -0.3 is 10.1 Å². The average molecular weight is 308 g/mol. The first-order valence-electron chi connectivity index (χ1n) is 6.77. The molecule has 0 bridgehead atoms. The van der Waals surface area contributed by atoms with Crippen molar-refractivity contribution >= 4 is 17.3 Å². The zero-order valence-corrected chi connectivity index (χ0v) is 12.9. The normalized spacial score (nSPS) is 10.4. The molecule has 21 heavy (non-hydrogen) atoms. The highest BCUT2D eigenvalue weighted by Gasteiger charge is 2.07. The van der Waals surface area contributed by atoms with E-state index in [1.807, 2.05) is 0 Å². The van der Waals surface area contributed by atoms with Crippen molar-refractivity contribution < 1.29 is 4.74 Å². The first-order chi connectivity index (χ1) is 10.1. The molecule has 1 aromatic heterocycles. The van der Waals surface area contributed by atoms with Crippen LogP contribution in [0.1, 0.15) is 18.9 Å². The fraction of sp³-hybridized carbons (Fsp3) is 0.333. The second kappa shape index (κ2) is 7.13. The molecule has 0 aliphatic rings. The number of nitrogens with zero attached hydrogens (tertiary/aromatic N) is 2. The van der Waals surface area contributed by atoms with E-state index in [4.69, 9.17) is 16.3 Å². The maximum absolute atomic E-state index is 12.1. The van der Waals surface area contributed by atoms with E-state index in [0.717, 1.165) is 24.2 Å². The van der Waals surface area contributed by atoms with Crippen LogP contribution in [0.5, 0.6) is 5.75 Å². The minimum atomic E-state index is -0.168. The number of halogens is 1. The lowest BCUT2D eigenvalue weighted by atomic mass is 10.2. The third-order valence-electron chi connectivity index (χ3n) is 3.01. The lowest BCUT2D eigenvalue weighted by molar-refractivity contribution is 0.407. The topological polar surface area (TPSA) is 56.1 Å². The summed E-state index contributed by atoms with van der Waals surface area (Å²) in [6, 6.07) is 6.84. The molecule has 0 amide bonds. The second-order valence-corrected chi connectivity index (χ2v) is 5.06. The van der Waals surface area contributed by atoms with Crippen molar-refractivity contribution in [3.63, 3.8) is 0 Å². The van der Waals surface area contributed by atoms with Crippen LogP contribution >= 0.6 is 11.6 Å². The van der Waals surface area contributed by atoms with Crippen molar-refractivity contribution in [2.24, 2.45) is 0 Å². The summed E-state index contributed by atoms with van der Waals surface area (Å²) in [7, 11) is 1.58. The van der Waals surface area contributed by atoms with E-state index in [1.54, 1.807) is 37.6 Å². The van der Waals surface area contributed by atoms with Gasteiger partial charge in [0.25, 0.3) is 5.56 Å². The lowest BCUT2D eigenvalue weighted by Gasteiger charge is -2.11. The molecule has 5 nitrogen and oxygen atoms in total. The van der Waals surface area contributed by atoms with E-state index in [1.165, 1.54) is 4.68 Å². The molecule has 1 heterocycles. The molecule has 0 unspecified atom stereocenters. The van der Waals surface area contributed by atoms with E-state index in [-0.39, 0.29) is 5.56 Å². The van der Waals surface area contributed by atoms with E-state index >= 15 is 0 Å². The molecule has 112 valence electrons. The largest absolute Gasteiger partial charge is 0.496 e. The standard InChI is InChI=1S/C15H18ClN3O2/c1-3-6-17-13-8-15(20)19(18-9-13)10-11-7-12(16)4-5-14(11)21-2/h4-5,7-9,17H,3,6,10H2,1-2H3. The zero-order chi connectivity index (χ0) is 15.2. The van der Waals surface area contributed by atoms with Gasteiger partial charge in [0, 0.05) is 23.2 Å². The number of methoxy groups -OCH3 is 1. The molecular weight excluding hydrogens is 290 g/mol. The van der Waals surface area contributed by atoms with Gasteiger partial charge in [0.05, 0.1) is 25.5 Å². The predicted octanol–water partition coefficient (Wildman–Crippen LogP) is 2.78. The summed E-state index contributed by atoms with van der Waals surface area (Å²) < 4.78 is 6.66. The van der Waals surface area contributed by atoms with Gasteiger partial charge in [-0.1, -0.05) is 18.5 Å². The number of hydrogen-bond donors (Lipinski definition) is 1. The monoisotopic (exact) mass is 307 g/mol. The Bertz CT molecular complexity index is 670. The number of benzene rings is 1. The highest BCUT2D eigenvalue weighted by Crippen LogP contribution is 2.22. The molecule has 2 aromatic rings. The van der Waals surface area contributed by atoms with Crippen LogP contribution in [0, 0.1) is 0 Å². The summed E-state index contributed by atoms with van der Waals surface area (Å²) in [6.07, 6.45) is 2.64. The first-order valence-corrected chi connectivity index (χ1v) is 7.15. The molecule has 1 aromatic carbocycles. The average Bonchev–Trinajstić information content (AvgIpc) is 2.48. The third kappa shape index (κ3) is 3.98. The number of hydrogen-bond acceptors (Lipinski definition) is 4. The van der Waals surface area contributed by atoms with Crippen molar-refractivity contribution in [2.45, 2.75) is 19.9 Å². The predicted molar refractivity (Wildman–Crippen MR) is 84.4 cm³/mol. The number of ether oxygens (including phenoxy) is 1. The SMILES string of the molecule is CCCNc1cnn(Cc2cc(Cl)ccc2OC)c(=O)c1. The van der Waals surface area contributed by atoms with Crippen LogP contribution in [-0.4, -0.2) is 23.4 Å². The molecule has 0 saturated carbocycles. The number of rotatable bonds is 6. The fourth-order valence-electron chi connectivity index (χ4n) is 1.95. The Kier molecular flexibility index (Phi) is 5.22. The number of nitrogens with one attached hydrogen (secondary N) is 1. The maximum Gasteiger partial charge on any atom is 0.269 e. The zero-order valence-electron chi connectivity index (χ0n) is 12.1. The van der Waals surface area contributed by atoms with Gasteiger partial charge in [0.1, 0.15) is 5.75 Å². The van der Waals surface area contributed by atoms with Crippen molar-refractivity contribution in [3.8, 4) is 5.75 Å². The smallest absolute Gasteiger partial charge is 0.269 e. The number of aromatic nitrogens is 2. The Morgan fingerprint density at radius 2 is 2.19 bits per heavy atom. The molecule has 0 spiro atoms. The molecular formula is C15H18ClN3O2. The highest BCUT2D eigenvalue weighted by atomic mass is 35.5. The minimum Gasteiger partial charge on any atom is -0.496 e. The van der Waals surface area contributed by atoms with Gasteiger partial charge in [-0.3, -0.25) is 4.79 Å². The van der Waals surface area contributed by atoms with Gasteiger partial charge in [-0.15, -0.1) is 0 Å². The van der Waals surface area contributed by atoms with Crippen molar-refractivity contribution in [2.75, 3.05) is 19.0 Å². The second-order valence-electron chi connectivity index (χ2n) is 4.62. The molecule has 0 saturated heterocycles. The summed E-state index contributed by atoms with van der Waals surface area (Å²) >= 11 is 5.99. The number of anilines is 1. The van der Waals surface area contributed by atoms with Gasteiger partial charge in [0.15, 0.2) is 0 Å². The molecule has 2 rings (SSSR count). The van der Waals surface area contributed by atoms with Crippen LogP contribution in [0.4, 0.5) is 5.69 Å². The molecule has 0 fully saturated rings. The molecule has 0 radical (unpaired) electrons. The van der Waals surface area contributed by atoms with Crippen molar-refractivity contribution in [3.05, 3.63) is 51.4 Å². The van der Waals surface area contributed by atoms with E-state index in [0.29, 0.717) is 17.3 Å². The highest BCUT2D eigenvalue weighted by molar-refractivity contribution is 6.30. The van der Waals surface area contributed by atoms with Crippen LogP contribution in [0.3, 0.4) is 0 Å². The van der Waals surface area contributed by atoms with E-state index in [2.05, 4.69) is 17.3 Å². The summed E-state index contributed by atoms with van der Waals surface area (Å²) in [5, 5.41) is 7.91. The van der Waals surface area contributed by atoms with Crippen LogP contribution in [-0.2, 0) is 6.54 Å². The Morgan fingerprint density at radius 3 is 2.86 bits per heavy atom. The quantitative estimate of drug-likeness (QED) is 0.891. The minimum absolute atomic E-state index is 0.168. The van der Waals surface area contributed by atoms with Crippen LogP contribution < -0.4 is 15.6 Å². The van der Waals surface area contributed by atoms with Gasteiger partial charge in [-0.05, 0) is 24.6 Å². The van der Waals surface area contributed by atoms with Gasteiger partial charge in [-0.2, -0.15) is 5.10 Å². The molecule has 6 heteroatoms. The molecule has 0 aliphatic carbocycles. The van der Waals surface area contributed by atoms with Crippen LogP contribution in [0.15, 0.2) is 35.3 Å². The van der Waals surface area contributed by atoms with Crippen LogP contribution in [0.25, 0.3) is 0 Å². The van der Waals surface area contributed by atoms with Gasteiger partial charge in [0.2, 0.25) is 0 Å². The summed E-state index contributed by atoms with van der Waals surface area (Å²) in [6.45, 7) is 3.19. The van der Waals surface area contributed by atoms with E-state index in [9.17, 15) is 4.79 Å². The Balaban J connectivity index is 2.24. The molecule has 0 atom stereocenters. The van der Waals surface area contributed by atoms with Gasteiger partial charge in [-0.25, -0.2) is 4.68 Å². The van der Waals surface area contributed by atoms with Crippen LogP contribution in [0.2, 0.25) is 5.02 Å². The third-order valence-corrected chi connectivity index (χ3v) is 3.25. The Hall–Kier alpha value is -2.01. The molecule has 0 aliphatic heterocycles. The van der Waals surface area contributed by atoms with Crippen molar-refractivity contribution in [1.82, 2.24) is 9.78 Å². The summed E-state index contributed by atoms with van der Waals surface area (Å²) in [5.41, 5.74) is 1.38. The maximum atomic E-state index is 12.1.